The van der Waals surface area contributed by atoms with Gasteiger partial charge in [-0.2, -0.15) is 0 Å². The molecule has 0 saturated carbocycles. The fourth-order valence-corrected chi connectivity index (χ4v) is 3.01. The van der Waals surface area contributed by atoms with E-state index in [0.29, 0.717) is 17.7 Å². The van der Waals surface area contributed by atoms with Gasteiger partial charge in [-0.25, -0.2) is 0 Å². The van der Waals surface area contributed by atoms with Crippen molar-refractivity contribution in [3.05, 3.63) is 17.7 Å². The highest BCUT2D eigenvalue weighted by atomic mass is 16.5. The number of fused-ring (bicyclic) bond motifs is 2. The van der Waals surface area contributed by atoms with E-state index in [1.165, 1.54) is 19.2 Å². The first-order valence-electron chi connectivity index (χ1n) is 6.74. The van der Waals surface area contributed by atoms with Crippen LogP contribution >= 0.6 is 0 Å². The Morgan fingerprint density at radius 2 is 2.14 bits per heavy atom. The Balaban J connectivity index is 2.08. The Hall–Kier alpha value is -1.99. The summed E-state index contributed by atoms with van der Waals surface area (Å²) in [4.78, 5) is 14.3. The molecule has 1 saturated heterocycles. The average molecular weight is 294 g/mol. The lowest BCUT2D eigenvalue weighted by molar-refractivity contribution is 0.0420. The monoisotopic (exact) mass is 294 g/mol. The number of methoxy groups -OCH3 is 2. The lowest BCUT2D eigenvalue weighted by atomic mass is 10.1. The smallest absolute Gasteiger partial charge is 0.256 e. The standard InChI is InChI=1S/C14H18N2O5/c1-20-12-4-8-9(5-11(12)18)15-13(21-2)10-3-7(17)6-16(10)14(8)19/h4-5,7,10,13,15,17-18H,3,6H2,1-2H3/t7-,10-,13+/m0/s1. The summed E-state index contributed by atoms with van der Waals surface area (Å²) in [6.45, 7) is 0.271. The van der Waals surface area contributed by atoms with Gasteiger partial charge in [-0.15, -0.1) is 0 Å². The normalized spacial score (nSPS) is 27.7. The minimum absolute atomic E-state index is 0.0477. The first kappa shape index (κ1) is 14.0. The number of benzene rings is 1. The van der Waals surface area contributed by atoms with E-state index in [4.69, 9.17) is 9.47 Å². The first-order chi connectivity index (χ1) is 10.0. The minimum atomic E-state index is -0.557. The molecule has 21 heavy (non-hydrogen) atoms. The zero-order chi connectivity index (χ0) is 15.1. The summed E-state index contributed by atoms with van der Waals surface area (Å²) in [7, 11) is 2.97. The van der Waals surface area contributed by atoms with Crippen LogP contribution in [-0.2, 0) is 4.74 Å². The summed E-state index contributed by atoms with van der Waals surface area (Å²) in [5, 5.41) is 22.8. The maximum absolute atomic E-state index is 12.7. The molecule has 3 rings (SSSR count). The van der Waals surface area contributed by atoms with Gasteiger partial charge in [0, 0.05) is 19.7 Å². The Morgan fingerprint density at radius 3 is 2.81 bits per heavy atom. The number of phenolic OH excluding ortho intramolecular Hbond substituents is 1. The number of carbonyl (C=O) groups excluding carboxylic acids is 1. The third-order valence-electron chi connectivity index (χ3n) is 4.03. The highest BCUT2D eigenvalue weighted by Gasteiger charge is 2.43. The van der Waals surface area contributed by atoms with Crippen LogP contribution in [0, 0.1) is 0 Å². The highest BCUT2D eigenvalue weighted by molar-refractivity contribution is 6.01. The van der Waals surface area contributed by atoms with Crippen molar-refractivity contribution in [3.63, 3.8) is 0 Å². The molecular formula is C14H18N2O5. The van der Waals surface area contributed by atoms with Gasteiger partial charge in [0.1, 0.15) is 6.23 Å². The molecule has 1 fully saturated rings. The van der Waals surface area contributed by atoms with Crippen molar-refractivity contribution in [1.29, 1.82) is 0 Å². The van der Waals surface area contributed by atoms with Gasteiger partial charge >= 0.3 is 0 Å². The summed E-state index contributed by atoms with van der Waals surface area (Å²) >= 11 is 0. The molecule has 7 nitrogen and oxygen atoms in total. The van der Waals surface area contributed by atoms with E-state index in [1.807, 2.05) is 0 Å². The van der Waals surface area contributed by atoms with Crippen molar-refractivity contribution >= 4 is 11.6 Å². The van der Waals surface area contributed by atoms with E-state index in [-0.39, 0.29) is 30.0 Å². The number of ether oxygens (including phenoxy) is 2. The molecule has 1 amide bonds. The Kier molecular flexibility index (Phi) is 3.38. The Labute approximate surface area is 122 Å². The number of anilines is 1. The van der Waals surface area contributed by atoms with Crippen LogP contribution in [0.15, 0.2) is 12.1 Å². The van der Waals surface area contributed by atoms with Gasteiger partial charge < -0.3 is 29.9 Å². The van der Waals surface area contributed by atoms with E-state index in [0.717, 1.165) is 0 Å². The van der Waals surface area contributed by atoms with Gasteiger partial charge in [-0.3, -0.25) is 4.79 Å². The second kappa shape index (κ2) is 5.09. The van der Waals surface area contributed by atoms with Crippen LogP contribution in [0.4, 0.5) is 5.69 Å². The number of rotatable bonds is 2. The molecule has 3 atom stereocenters. The molecular weight excluding hydrogens is 276 g/mol. The second-order valence-electron chi connectivity index (χ2n) is 5.28. The summed E-state index contributed by atoms with van der Waals surface area (Å²) in [5.41, 5.74) is 0.886. The molecule has 0 radical (unpaired) electrons. The molecule has 3 N–H and O–H groups in total. The van der Waals surface area contributed by atoms with Gasteiger partial charge in [-0.1, -0.05) is 0 Å². The fraction of sp³-hybridized carbons (Fsp3) is 0.500. The third-order valence-corrected chi connectivity index (χ3v) is 4.03. The lowest BCUT2D eigenvalue weighted by Crippen LogP contribution is -2.44. The van der Waals surface area contributed by atoms with Crippen molar-refractivity contribution < 1.29 is 24.5 Å². The van der Waals surface area contributed by atoms with Gasteiger partial charge in [0.05, 0.1) is 30.5 Å². The summed E-state index contributed by atoms with van der Waals surface area (Å²) < 4.78 is 10.5. The van der Waals surface area contributed by atoms with Crippen molar-refractivity contribution in [2.45, 2.75) is 24.8 Å². The fourth-order valence-electron chi connectivity index (χ4n) is 3.01. The number of nitrogens with one attached hydrogen (secondary N) is 1. The largest absolute Gasteiger partial charge is 0.504 e. The number of phenols is 1. The molecule has 2 heterocycles. The van der Waals surface area contributed by atoms with Crippen molar-refractivity contribution in [1.82, 2.24) is 4.90 Å². The van der Waals surface area contributed by atoms with Crippen LogP contribution in [-0.4, -0.2) is 60.2 Å². The van der Waals surface area contributed by atoms with E-state index < -0.39 is 12.3 Å². The molecule has 0 aromatic heterocycles. The summed E-state index contributed by atoms with van der Waals surface area (Å²) in [5.74, 6) is -0.0264. The number of hydrogen-bond donors (Lipinski definition) is 3. The van der Waals surface area contributed by atoms with Crippen LogP contribution < -0.4 is 10.1 Å². The van der Waals surface area contributed by atoms with Crippen LogP contribution in [0.25, 0.3) is 0 Å². The lowest BCUT2D eigenvalue weighted by Gasteiger charge is -2.27. The molecule has 1 aromatic rings. The van der Waals surface area contributed by atoms with Gasteiger partial charge in [-0.05, 0) is 12.5 Å². The Morgan fingerprint density at radius 1 is 1.38 bits per heavy atom. The van der Waals surface area contributed by atoms with E-state index >= 15 is 0 Å². The molecule has 1 aromatic carbocycles. The van der Waals surface area contributed by atoms with Crippen molar-refractivity contribution in [2.75, 3.05) is 26.1 Å². The van der Waals surface area contributed by atoms with Gasteiger partial charge in [0.25, 0.3) is 5.91 Å². The van der Waals surface area contributed by atoms with Crippen LogP contribution in [0.1, 0.15) is 16.8 Å². The SMILES string of the molecule is COc1cc2c(cc1O)N[C@H](OC)[C@@H]1C[C@H](O)CN1C2=O. The zero-order valence-corrected chi connectivity index (χ0v) is 11.9. The van der Waals surface area contributed by atoms with Gasteiger partial charge in [0.2, 0.25) is 0 Å². The predicted octanol–water partition coefficient (Wildman–Crippen LogP) is 0.374. The summed E-state index contributed by atoms with van der Waals surface area (Å²) in [6, 6.07) is 2.70. The molecule has 114 valence electrons. The van der Waals surface area contributed by atoms with Crippen LogP contribution in [0.3, 0.4) is 0 Å². The second-order valence-corrected chi connectivity index (χ2v) is 5.28. The number of carbonyl (C=O) groups is 1. The zero-order valence-electron chi connectivity index (χ0n) is 11.9. The third kappa shape index (κ3) is 2.18. The number of aliphatic hydroxyl groups excluding tert-OH is 1. The van der Waals surface area contributed by atoms with E-state index in [1.54, 1.807) is 12.0 Å². The van der Waals surface area contributed by atoms with Gasteiger partial charge in [0.15, 0.2) is 11.5 Å². The minimum Gasteiger partial charge on any atom is -0.504 e. The maximum atomic E-state index is 12.7. The molecule has 2 aliphatic heterocycles. The molecule has 0 aliphatic carbocycles. The number of hydrogen-bond acceptors (Lipinski definition) is 6. The van der Waals surface area contributed by atoms with E-state index in [2.05, 4.69) is 5.32 Å². The van der Waals surface area contributed by atoms with Crippen molar-refractivity contribution in [3.8, 4) is 11.5 Å². The Bertz CT molecular complexity index is 577. The molecule has 0 spiro atoms. The van der Waals surface area contributed by atoms with Crippen LogP contribution in [0.2, 0.25) is 0 Å². The average Bonchev–Trinajstić information content (AvgIpc) is 2.81. The first-order valence-corrected chi connectivity index (χ1v) is 6.74. The molecule has 0 unspecified atom stereocenters. The highest BCUT2D eigenvalue weighted by Crippen LogP contribution is 2.37. The molecule has 0 bridgehead atoms. The van der Waals surface area contributed by atoms with E-state index in [9.17, 15) is 15.0 Å². The predicted molar refractivity (Wildman–Crippen MR) is 74.5 cm³/mol. The number of aliphatic hydroxyl groups is 1. The quantitative estimate of drug-likeness (QED) is 0.730. The summed E-state index contributed by atoms with van der Waals surface area (Å²) in [6.07, 6.45) is -0.548. The molecule has 2 aliphatic rings. The number of nitrogens with zero attached hydrogens (tertiary/aromatic N) is 1. The van der Waals surface area contributed by atoms with Crippen molar-refractivity contribution in [2.24, 2.45) is 0 Å². The topological polar surface area (TPSA) is 91.3 Å². The number of aromatic hydroxyl groups is 1. The van der Waals surface area contributed by atoms with Crippen LogP contribution in [0.5, 0.6) is 11.5 Å². The number of amides is 1. The molecule has 7 heteroatoms. The maximum Gasteiger partial charge on any atom is 0.256 e.